The topological polar surface area (TPSA) is 40.2 Å². The van der Waals surface area contributed by atoms with E-state index in [1.165, 1.54) is 38.5 Å². The fraction of sp³-hybridized carbons (Fsp3) is 1.00. The first-order valence-electron chi connectivity index (χ1n) is 9.75. The summed E-state index contributed by atoms with van der Waals surface area (Å²) in [4.78, 5) is 0. The first-order valence-corrected chi connectivity index (χ1v) is 9.75. The van der Waals surface area contributed by atoms with Crippen LogP contribution in [0.2, 0.25) is 0 Å². The van der Waals surface area contributed by atoms with E-state index < -0.39 is 5.97 Å². The Balaban J connectivity index is 2.58. The molecule has 1 heterocycles. The maximum Gasteiger partial charge on any atom is 0.285 e. The molecule has 138 valence electrons. The van der Waals surface area contributed by atoms with Crippen LogP contribution < -0.4 is 0 Å². The number of epoxide rings is 1. The molecule has 4 nitrogen and oxygen atoms in total. The van der Waals surface area contributed by atoms with E-state index in [9.17, 15) is 0 Å². The summed E-state index contributed by atoms with van der Waals surface area (Å²) in [6.07, 6.45) is 10.2. The molecule has 0 N–H and O–H groups in total. The summed E-state index contributed by atoms with van der Waals surface area (Å²) in [6, 6.07) is 0. The second-order valence-corrected chi connectivity index (χ2v) is 6.35. The van der Waals surface area contributed by atoms with Crippen molar-refractivity contribution in [2.45, 2.75) is 91.1 Å². The Morgan fingerprint density at radius 2 is 1.39 bits per heavy atom. The maximum absolute atomic E-state index is 6.00. The number of rotatable bonds is 16. The van der Waals surface area contributed by atoms with Gasteiger partial charge >= 0.3 is 0 Å². The zero-order valence-corrected chi connectivity index (χ0v) is 15.8. The Labute approximate surface area is 143 Å². The van der Waals surface area contributed by atoms with E-state index in [2.05, 4.69) is 6.92 Å². The molecule has 0 bridgehead atoms. The summed E-state index contributed by atoms with van der Waals surface area (Å²) in [6.45, 7) is 10.9. The zero-order chi connectivity index (χ0) is 17.0. The van der Waals surface area contributed by atoms with Crippen molar-refractivity contribution in [3.8, 4) is 0 Å². The van der Waals surface area contributed by atoms with E-state index in [-0.39, 0.29) is 5.92 Å². The molecule has 0 saturated carbocycles. The molecule has 0 spiro atoms. The van der Waals surface area contributed by atoms with Gasteiger partial charge in [-0.05, 0) is 33.6 Å². The molecule has 1 aliphatic rings. The molecule has 1 aliphatic heterocycles. The molecular formula is C19H38O4. The molecule has 0 radical (unpaired) electrons. The first-order chi connectivity index (χ1) is 11.2. The summed E-state index contributed by atoms with van der Waals surface area (Å²) in [5, 5.41) is 0. The van der Waals surface area contributed by atoms with Crippen LogP contribution in [0.1, 0.15) is 79.1 Å². The normalized spacial score (nSPS) is 19.0. The van der Waals surface area contributed by atoms with Crippen LogP contribution in [0, 0.1) is 5.92 Å². The van der Waals surface area contributed by atoms with Crippen LogP contribution in [0.4, 0.5) is 0 Å². The lowest BCUT2D eigenvalue weighted by molar-refractivity contribution is -0.403. The van der Waals surface area contributed by atoms with Gasteiger partial charge in [-0.3, -0.25) is 0 Å². The van der Waals surface area contributed by atoms with Crippen LogP contribution in [0.25, 0.3) is 0 Å². The maximum atomic E-state index is 6.00. The smallest absolute Gasteiger partial charge is 0.285 e. The Morgan fingerprint density at radius 3 is 1.87 bits per heavy atom. The van der Waals surface area contributed by atoms with Gasteiger partial charge < -0.3 is 18.9 Å². The van der Waals surface area contributed by atoms with Crippen LogP contribution >= 0.6 is 0 Å². The van der Waals surface area contributed by atoms with Gasteiger partial charge in [-0.2, -0.15) is 0 Å². The van der Waals surface area contributed by atoms with Crippen molar-refractivity contribution in [3.63, 3.8) is 0 Å². The summed E-state index contributed by atoms with van der Waals surface area (Å²) < 4.78 is 23.5. The first kappa shape index (κ1) is 20.9. The van der Waals surface area contributed by atoms with Gasteiger partial charge in [0.15, 0.2) is 0 Å². The molecule has 23 heavy (non-hydrogen) atoms. The molecule has 1 fully saturated rings. The van der Waals surface area contributed by atoms with Crippen molar-refractivity contribution in [3.05, 3.63) is 0 Å². The molecule has 0 aromatic carbocycles. The van der Waals surface area contributed by atoms with Gasteiger partial charge in [0.25, 0.3) is 5.97 Å². The van der Waals surface area contributed by atoms with Crippen molar-refractivity contribution in [1.82, 2.24) is 0 Å². The Bertz CT molecular complexity index is 262. The van der Waals surface area contributed by atoms with Crippen LogP contribution in [0.15, 0.2) is 0 Å². The Hall–Kier alpha value is -0.160. The van der Waals surface area contributed by atoms with Gasteiger partial charge in [0.2, 0.25) is 0 Å². The minimum absolute atomic E-state index is 0.237. The fourth-order valence-electron chi connectivity index (χ4n) is 3.21. The summed E-state index contributed by atoms with van der Waals surface area (Å²) in [5.74, 6) is -0.658. The highest BCUT2D eigenvalue weighted by molar-refractivity contribution is 4.80. The molecule has 4 heteroatoms. The second kappa shape index (κ2) is 12.2. The minimum Gasteiger partial charge on any atom is -0.373 e. The standard InChI is InChI=1S/C19H38O4/c1-5-9-10-11-12-13-14-17(15-18-16-20-18)19(21-6-2,22-7-3)23-8-4/h17-18H,5-16H2,1-4H3. The van der Waals surface area contributed by atoms with Gasteiger partial charge in [-0.1, -0.05) is 45.4 Å². The third-order valence-electron chi connectivity index (χ3n) is 4.39. The monoisotopic (exact) mass is 330 g/mol. The molecule has 2 unspecified atom stereocenters. The lowest BCUT2D eigenvalue weighted by Gasteiger charge is -2.39. The summed E-state index contributed by atoms with van der Waals surface area (Å²) >= 11 is 0. The summed E-state index contributed by atoms with van der Waals surface area (Å²) in [7, 11) is 0. The molecular weight excluding hydrogens is 292 g/mol. The second-order valence-electron chi connectivity index (χ2n) is 6.35. The van der Waals surface area contributed by atoms with Gasteiger partial charge in [0.1, 0.15) is 0 Å². The lowest BCUT2D eigenvalue weighted by atomic mass is 9.93. The Kier molecular flexibility index (Phi) is 11.1. The quantitative estimate of drug-likeness (QED) is 0.229. The van der Waals surface area contributed by atoms with Crippen LogP contribution in [-0.4, -0.2) is 38.5 Å². The van der Waals surface area contributed by atoms with E-state index in [1.54, 1.807) is 0 Å². The zero-order valence-electron chi connectivity index (χ0n) is 15.8. The van der Waals surface area contributed by atoms with Gasteiger partial charge in [0, 0.05) is 25.7 Å². The molecule has 2 atom stereocenters. The Morgan fingerprint density at radius 1 is 0.870 bits per heavy atom. The minimum atomic E-state index is -0.895. The third-order valence-corrected chi connectivity index (χ3v) is 4.39. The highest BCUT2D eigenvalue weighted by Crippen LogP contribution is 2.36. The molecule has 0 aliphatic carbocycles. The molecule has 0 aromatic heterocycles. The average molecular weight is 331 g/mol. The van der Waals surface area contributed by atoms with Crippen molar-refractivity contribution in [2.75, 3.05) is 26.4 Å². The van der Waals surface area contributed by atoms with Gasteiger partial charge in [-0.15, -0.1) is 0 Å². The molecule has 0 aromatic rings. The van der Waals surface area contributed by atoms with Gasteiger partial charge in [0.05, 0.1) is 12.7 Å². The largest absolute Gasteiger partial charge is 0.373 e. The number of unbranched alkanes of at least 4 members (excludes halogenated alkanes) is 5. The van der Waals surface area contributed by atoms with Crippen LogP contribution in [0.5, 0.6) is 0 Å². The van der Waals surface area contributed by atoms with E-state index in [0.717, 1.165) is 19.4 Å². The lowest BCUT2D eigenvalue weighted by Crippen LogP contribution is -2.47. The fourth-order valence-corrected chi connectivity index (χ4v) is 3.21. The third kappa shape index (κ3) is 7.97. The van der Waals surface area contributed by atoms with E-state index in [0.29, 0.717) is 25.9 Å². The van der Waals surface area contributed by atoms with E-state index in [1.807, 2.05) is 20.8 Å². The van der Waals surface area contributed by atoms with Crippen LogP contribution in [0.3, 0.4) is 0 Å². The average Bonchev–Trinajstić information content (AvgIpc) is 3.34. The predicted octanol–water partition coefficient (Wildman–Crippen LogP) is 4.91. The highest BCUT2D eigenvalue weighted by Gasteiger charge is 2.44. The van der Waals surface area contributed by atoms with E-state index in [4.69, 9.17) is 18.9 Å². The number of hydrogen-bond acceptors (Lipinski definition) is 4. The van der Waals surface area contributed by atoms with Crippen molar-refractivity contribution in [2.24, 2.45) is 5.92 Å². The molecule has 0 amide bonds. The number of ether oxygens (including phenoxy) is 4. The van der Waals surface area contributed by atoms with Crippen molar-refractivity contribution in [1.29, 1.82) is 0 Å². The van der Waals surface area contributed by atoms with E-state index >= 15 is 0 Å². The highest BCUT2D eigenvalue weighted by atomic mass is 16.9. The number of hydrogen-bond donors (Lipinski definition) is 0. The molecule has 1 saturated heterocycles. The van der Waals surface area contributed by atoms with Crippen LogP contribution in [-0.2, 0) is 18.9 Å². The summed E-state index contributed by atoms with van der Waals surface area (Å²) in [5.41, 5.74) is 0. The SMILES string of the molecule is CCCCCCCCC(CC1CO1)C(OCC)(OCC)OCC. The van der Waals surface area contributed by atoms with Crippen molar-refractivity contribution < 1.29 is 18.9 Å². The van der Waals surface area contributed by atoms with Crippen molar-refractivity contribution >= 4 is 0 Å². The predicted molar refractivity (Wildman–Crippen MR) is 93.4 cm³/mol. The molecule has 1 rings (SSSR count). The van der Waals surface area contributed by atoms with Gasteiger partial charge in [-0.25, -0.2) is 0 Å².